The van der Waals surface area contributed by atoms with Gasteiger partial charge in [0.05, 0.1) is 6.04 Å². The number of benzene rings is 1. The highest BCUT2D eigenvalue weighted by molar-refractivity contribution is 5.98. The van der Waals surface area contributed by atoms with Gasteiger partial charge in [0.25, 0.3) is 0 Å². The van der Waals surface area contributed by atoms with Gasteiger partial charge in [-0.1, -0.05) is 12.1 Å². The number of nitrogens with two attached hydrogens (primary N) is 1. The van der Waals surface area contributed by atoms with Gasteiger partial charge in [-0.2, -0.15) is 0 Å². The lowest BCUT2D eigenvalue weighted by Gasteiger charge is -2.08. The Kier molecular flexibility index (Phi) is 3.57. The molecule has 80 valence electrons. The quantitative estimate of drug-likeness (QED) is 0.729. The summed E-state index contributed by atoms with van der Waals surface area (Å²) in [6, 6.07) is 6.19. The molecule has 0 aliphatic heterocycles. The standard InChI is InChI=1S/C11H14N2O2/c1-7(12)11(15)13-10-5-3-4-9(6-10)8(2)14/h3-7H,12H2,1-2H3,(H,13,15)/t7-/m1/s1. The Labute approximate surface area is 88.5 Å². The van der Waals surface area contributed by atoms with Crippen LogP contribution in [-0.2, 0) is 4.79 Å². The highest BCUT2D eigenvalue weighted by Crippen LogP contribution is 2.11. The van der Waals surface area contributed by atoms with Crippen LogP contribution in [0.3, 0.4) is 0 Å². The summed E-state index contributed by atoms with van der Waals surface area (Å²) in [5.41, 5.74) is 6.56. The number of carbonyl (C=O) groups excluding carboxylic acids is 2. The molecule has 0 aromatic heterocycles. The van der Waals surface area contributed by atoms with Crippen molar-refractivity contribution >= 4 is 17.4 Å². The molecule has 1 aromatic rings. The maximum atomic E-state index is 11.3. The van der Waals surface area contributed by atoms with Crippen LogP contribution in [0.15, 0.2) is 24.3 Å². The lowest BCUT2D eigenvalue weighted by Crippen LogP contribution is -2.32. The minimum Gasteiger partial charge on any atom is -0.325 e. The largest absolute Gasteiger partial charge is 0.325 e. The zero-order valence-corrected chi connectivity index (χ0v) is 8.78. The Morgan fingerprint density at radius 3 is 2.60 bits per heavy atom. The van der Waals surface area contributed by atoms with Crippen LogP contribution in [0.2, 0.25) is 0 Å². The predicted molar refractivity (Wildman–Crippen MR) is 58.7 cm³/mol. The number of hydrogen-bond acceptors (Lipinski definition) is 3. The molecule has 0 heterocycles. The molecule has 1 rings (SSSR count). The third-order valence-corrected chi connectivity index (χ3v) is 1.95. The summed E-state index contributed by atoms with van der Waals surface area (Å²) in [5, 5.41) is 2.62. The van der Waals surface area contributed by atoms with Gasteiger partial charge in [-0.25, -0.2) is 0 Å². The second kappa shape index (κ2) is 4.70. The van der Waals surface area contributed by atoms with Gasteiger partial charge < -0.3 is 11.1 Å². The molecule has 0 bridgehead atoms. The van der Waals surface area contributed by atoms with E-state index in [0.717, 1.165) is 0 Å². The summed E-state index contributed by atoms with van der Waals surface area (Å²) in [5.74, 6) is -0.303. The van der Waals surface area contributed by atoms with Crippen molar-refractivity contribution in [2.45, 2.75) is 19.9 Å². The monoisotopic (exact) mass is 206 g/mol. The molecule has 15 heavy (non-hydrogen) atoms. The third kappa shape index (κ3) is 3.18. The number of amides is 1. The molecule has 0 saturated carbocycles. The minimum atomic E-state index is -0.564. The number of hydrogen-bond donors (Lipinski definition) is 2. The van der Waals surface area contributed by atoms with Crippen molar-refractivity contribution in [1.29, 1.82) is 0 Å². The fraction of sp³-hybridized carbons (Fsp3) is 0.273. The number of nitrogens with one attached hydrogen (secondary N) is 1. The number of carbonyl (C=O) groups is 2. The molecular weight excluding hydrogens is 192 g/mol. The van der Waals surface area contributed by atoms with Gasteiger partial charge in [-0.05, 0) is 26.0 Å². The highest BCUT2D eigenvalue weighted by atomic mass is 16.2. The summed E-state index contributed by atoms with van der Waals surface area (Å²) < 4.78 is 0. The maximum absolute atomic E-state index is 11.3. The van der Waals surface area contributed by atoms with Crippen LogP contribution in [0.25, 0.3) is 0 Å². The SMILES string of the molecule is CC(=O)c1cccc(NC(=O)[C@@H](C)N)c1. The Morgan fingerprint density at radius 2 is 2.07 bits per heavy atom. The Balaban J connectivity index is 2.83. The third-order valence-electron chi connectivity index (χ3n) is 1.95. The van der Waals surface area contributed by atoms with Gasteiger partial charge in [-0.15, -0.1) is 0 Å². The molecule has 3 N–H and O–H groups in total. The van der Waals surface area contributed by atoms with E-state index in [1.54, 1.807) is 31.2 Å². The van der Waals surface area contributed by atoms with Gasteiger partial charge in [0, 0.05) is 11.3 Å². The lowest BCUT2D eigenvalue weighted by atomic mass is 10.1. The lowest BCUT2D eigenvalue weighted by molar-refractivity contribution is -0.117. The van der Waals surface area contributed by atoms with E-state index in [-0.39, 0.29) is 11.7 Å². The van der Waals surface area contributed by atoms with Gasteiger partial charge >= 0.3 is 0 Å². The van der Waals surface area contributed by atoms with Crippen LogP contribution >= 0.6 is 0 Å². The fourth-order valence-electron chi connectivity index (χ4n) is 1.07. The van der Waals surface area contributed by atoms with Gasteiger partial charge in [0.1, 0.15) is 0 Å². The van der Waals surface area contributed by atoms with Crippen LogP contribution in [0.5, 0.6) is 0 Å². The molecule has 0 aliphatic carbocycles. The van der Waals surface area contributed by atoms with Crippen LogP contribution in [0.1, 0.15) is 24.2 Å². The van der Waals surface area contributed by atoms with Crippen molar-refractivity contribution in [2.24, 2.45) is 5.73 Å². The topological polar surface area (TPSA) is 72.2 Å². The first-order chi connectivity index (χ1) is 7.00. The molecule has 4 heteroatoms. The number of anilines is 1. The summed E-state index contributed by atoms with van der Waals surface area (Å²) in [7, 11) is 0. The van der Waals surface area contributed by atoms with E-state index >= 15 is 0 Å². The first-order valence-electron chi connectivity index (χ1n) is 4.68. The molecule has 0 saturated heterocycles. The average Bonchev–Trinajstić information content (AvgIpc) is 2.18. The Morgan fingerprint density at radius 1 is 1.40 bits per heavy atom. The van der Waals surface area contributed by atoms with E-state index in [9.17, 15) is 9.59 Å². The highest BCUT2D eigenvalue weighted by Gasteiger charge is 2.08. The van der Waals surface area contributed by atoms with Crippen molar-refractivity contribution in [3.8, 4) is 0 Å². The zero-order valence-electron chi connectivity index (χ0n) is 8.78. The van der Waals surface area contributed by atoms with Crippen LogP contribution in [0.4, 0.5) is 5.69 Å². The van der Waals surface area contributed by atoms with Gasteiger partial charge in [-0.3, -0.25) is 9.59 Å². The number of Topliss-reactive ketones (excluding diaryl/α,β-unsaturated/α-hetero) is 1. The molecule has 0 fully saturated rings. The average molecular weight is 206 g/mol. The first kappa shape index (κ1) is 11.4. The van der Waals surface area contributed by atoms with E-state index in [1.165, 1.54) is 6.92 Å². The molecular formula is C11H14N2O2. The first-order valence-corrected chi connectivity index (χ1v) is 4.68. The normalized spacial score (nSPS) is 11.9. The molecule has 4 nitrogen and oxygen atoms in total. The second-order valence-corrected chi connectivity index (χ2v) is 3.41. The van der Waals surface area contributed by atoms with Crippen molar-refractivity contribution < 1.29 is 9.59 Å². The molecule has 1 aromatic carbocycles. The van der Waals surface area contributed by atoms with Crippen molar-refractivity contribution in [3.63, 3.8) is 0 Å². The van der Waals surface area contributed by atoms with Gasteiger partial charge in [0.2, 0.25) is 5.91 Å². The van der Waals surface area contributed by atoms with Crippen LogP contribution in [0, 0.1) is 0 Å². The molecule has 0 radical (unpaired) electrons. The molecule has 0 unspecified atom stereocenters. The smallest absolute Gasteiger partial charge is 0.240 e. The predicted octanol–water partition coefficient (Wildman–Crippen LogP) is 1.17. The maximum Gasteiger partial charge on any atom is 0.240 e. The van der Waals surface area contributed by atoms with Crippen LogP contribution < -0.4 is 11.1 Å². The van der Waals surface area contributed by atoms with Crippen LogP contribution in [-0.4, -0.2) is 17.7 Å². The van der Waals surface area contributed by atoms with Crippen molar-refractivity contribution in [2.75, 3.05) is 5.32 Å². The second-order valence-electron chi connectivity index (χ2n) is 3.41. The van der Waals surface area contributed by atoms with E-state index in [0.29, 0.717) is 11.3 Å². The zero-order chi connectivity index (χ0) is 11.4. The fourth-order valence-corrected chi connectivity index (χ4v) is 1.07. The van der Waals surface area contributed by atoms with E-state index in [1.807, 2.05) is 0 Å². The summed E-state index contributed by atoms with van der Waals surface area (Å²) in [4.78, 5) is 22.4. The minimum absolute atomic E-state index is 0.0353. The van der Waals surface area contributed by atoms with E-state index in [2.05, 4.69) is 5.32 Å². The molecule has 0 spiro atoms. The van der Waals surface area contributed by atoms with Crippen molar-refractivity contribution in [3.05, 3.63) is 29.8 Å². The Bertz CT molecular complexity index is 386. The molecule has 0 aliphatic rings. The van der Waals surface area contributed by atoms with Gasteiger partial charge in [0.15, 0.2) is 5.78 Å². The molecule has 1 amide bonds. The van der Waals surface area contributed by atoms with E-state index < -0.39 is 6.04 Å². The Hall–Kier alpha value is -1.68. The van der Waals surface area contributed by atoms with E-state index in [4.69, 9.17) is 5.73 Å². The summed E-state index contributed by atoms with van der Waals surface area (Å²) >= 11 is 0. The number of ketones is 1. The number of rotatable bonds is 3. The molecule has 1 atom stereocenters. The summed E-state index contributed by atoms with van der Waals surface area (Å²) in [6.45, 7) is 3.08. The van der Waals surface area contributed by atoms with Crippen molar-refractivity contribution in [1.82, 2.24) is 0 Å². The summed E-state index contributed by atoms with van der Waals surface area (Å²) in [6.07, 6.45) is 0.